The highest BCUT2D eigenvalue weighted by Gasteiger charge is 2.16. The first-order chi connectivity index (χ1) is 9.08. The third-order valence-electron chi connectivity index (χ3n) is 2.39. The number of nitro benzene ring substituents is 1. The van der Waals surface area contributed by atoms with Gasteiger partial charge < -0.3 is 0 Å². The highest BCUT2D eigenvalue weighted by atomic mass is 32.2. The molecule has 1 aliphatic heterocycles. The summed E-state index contributed by atoms with van der Waals surface area (Å²) in [4.78, 5) is 22.1. The Kier molecular flexibility index (Phi) is 4.43. The van der Waals surface area contributed by atoms with Gasteiger partial charge in [0.1, 0.15) is 0 Å². The van der Waals surface area contributed by atoms with Crippen molar-refractivity contribution in [3.05, 3.63) is 39.9 Å². The maximum atomic E-state index is 12.0. The molecule has 0 bridgehead atoms. The van der Waals surface area contributed by atoms with E-state index in [4.69, 9.17) is 0 Å². The van der Waals surface area contributed by atoms with Crippen molar-refractivity contribution < 1.29 is 9.72 Å². The third-order valence-corrected chi connectivity index (χ3v) is 4.82. The second-order valence-corrected chi connectivity index (χ2v) is 6.12. The Morgan fingerprint density at radius 1 is 1.32 bits per heavy atom. The number of carbonyl (C=O) groups is 1. The van der Waals surface area contributed by atoms with Crippen molar-refractivity contribution in [1.82, 2.24) is 5.01 Å². The van der Waals surface area contributed by atoms with E-state index in [1.807, 2.05) is 0 Å². The number of nitrogens with zero attached hydrogens (tertiary/aromatic N) is 3. The number of hydrogen-bond donors (Lipinski definition) is 0. The molecule has 1 aliphatic rings. The Balaban J connectivity index is 2.10. The van der Waals surface area contributed by atoms with Crippen LogP contribution in [0.2, 0.25) is 0 Å². The Morgan fingerprint density at radius 3 is 2.42 bits per heavy atom. The Hall–Kier alpha value is -1.54. The van der Waals surface area contributed by atoms with Crippen molar-refractivity contribution in [3.63, 3.8) is 0 Å². The summed E-state index contributed by atoms with van der Waals surface area (Å²) in [5.41, 5.74) is 0.345. The molecule has 0 aliphatic carbocycles. The van der Waals surface area contributed by atoms with Crippen molar-refractivity contribution in [2.24, 2.45) is 5.10 Å². The minimum atomic E-state index is -0.496. The fourth-order valence-electron chi connectivity index (χ4n) is 1.44. The minimum absolute atomic E-state index is 0.0348. The number of hydrazone groups is 1. The number of amides is 1. The third kappa shape index (κ3) is 3.48. The summed E-state index contributed by atoms with van der Waals surface area (Å²) in [5, 5.41) is 16.0. The fraction of sp³-hybridized carbons (Fsp3) is 0.273. The quantitative estimate of drug-likeness (QED) is 0.632. The van der Waals surface area contributed by atoms with Crippen molar-refractivity contribution >= 4 is 39.5 Å². The second-order valence-electron chi connectivity index (χ2n) is 3.70. The fourth-order valence-corrected chi connectivity index (χ4v) is 3.65. The predicted octanol–water partition coefficient (Wildman–Crippen LogP) is 2.42. The second kappa shape index (κ2) is 6.07. The molecule has 1 fully saturated rings. The van der Waals surface area contributed by atoms with Gasteiger partial charge in [0, 0.05) is 36.2 Å². The molecule has 0 spiro atoms. The van der Waals surface area contributed by atoms with Gasteiger partial charge in [0.2, 0.25) is 0 Å². The van der Waals surface area contributed by atoms with Crippen LogP contribution < -0.4 is 0 Å². The molecular formula is C11H11N3O3S2. The number of thioether (sulfide) groups is 2. The van der Waals surface area contributed by atoms with Crippen LogP contribution in [0.1, 0.15) is 10.4 Å². The summed E-state index contributed by atoms with van der Waals surface area (Å²) in [5.74, 6) is 1.72. The van der Waals surface area contributed by atoms with Crippen LogP contribution in [0, 0.1) is 10.1 Å². The van der Waals surface area contributed by atoms with E-state index < -0.39 is 4.92 Å². The topological polar surface area (TPSA) is 75.8 Å². The normalized spacial score (nSPS) is 14.3. The lowest BCUT2D eigenvalue weighted by Crippen LogP contribution is -2.21. The molecule has 1 aromatic carbocycles. The molecule has 0 unspecified atom stereocenters. The molecule has 6 nitrogen and oxygen atoms in total. The van der Waals surface area contributed by atoms with Gasteiger partial charge in [-0.2, -0.15) is 5.10 Å². The first kappa shape index (κ1) is 13.9. The lowest BCUT2D eigenvalue weighted by atomic mass is 10.2. The monoisotopic (exact) mass is 297 g/mol. The molecule has 1 amide bonds. The molecule has 0 saturated carbocycles. The van der Waals surface area contributed by atoms with E-state index in [9.17, 15) is 14.9 Å². The molecule has 8 heteroatoms. The number of benzene rings is 1. The zero-order valence-electron chi connectivity index (χ0n) is 10.1. The van der Waals surface area contributed by atoms with E-state index in [2.05, 4.69) is 5.10 Å². The van der Waals surface area contributed by atoms with Gasteiger partial charge in [0.25, 0.3) is 11.6 Å². The summed E-state index contributed by atoms with van der Waals surface area (Å²) >= 11 is 3.24. The molecule has 1 saturated heterocycles. The first-order valence-corrected chi connectivity index (χ1v) is 7.42. The van der Waals surface area contributed by atoms with Crippen LogP contribution in [-0.2, 0) is 0 Å². The molecule has 1 aromatic rings. The van der Waals surface area contributed by atoms with Crippen LogP contribution in [0.5, 0.6) is 0 Å². The zero-order chi connectivity index (χ0) is 13.8. The molecule has 0 atom stereocenters. The molecule has 1 heterocycles. The minimum Gasteiger partial charge on any atom is -0.267 e. The average molecular weight is 297 g/mol. The summed E-state index contributed by atoms with van der Waals surface area (Å²) in [6.07, 6.45) is 0. The van der Waals surface area contributed by atoms with Crippen LogP contribution in [0.3, 0.4) is 0 Å². The largest absolute Gasteiger partial charge is 0.273 e. The van der Waals surface area contributed by atoms with E-state index >= 15 is 0 Å². The number of hydrogen-bond acceptors (Lipinski definition) is 6. The summed E-state index contributed by atoms with van der Waals surface area (Å²) in [6.45, 7) is 0. The number of rotatable bonds is 3. The van der Waals surface area contributed by atoms with Gasteiger partial charge in [-0.05, 0) is 12.1 Å². The smallest absolute Gasteiger partial charge is 0.267 e. The standard InChI is InChI=1S/C11H11N3O3S2/c1-13(12-11-18-6-7-19-11)10(15)8-2-4-9(5-3-8)14(16)17/h2-5H,6-7H2,1H3. The van der Waals surface area contributed by atoms with Gasteiger partial charge in [-0.25, -0.2) is 5.01 Å². The SMILES string of the molecule is CN(N=C1SCCS1)C(=O)c1ccc([N+](=O)[O-])cc1. The molecular weight excluding hydrogens is 286 g/mol. The molecule has 0 aromatic heterocycles. The molecule has 0 radical (unpaired) electrons. The number of nitro groups is 1. The molecule has 0 N–H and O–H groups in total. The Morgan fingerprint density at radius 2 is 1.89 bits per heavy atom. The maximum Gasteiger partial charge on any atom is 0.273 e. The maximum absolute atomic E-state index is 12.0. The Bertz CT molecular complexity index is 522. The van der Waals surface area contributed by atoms with Crippen molar-refractivity contribution in [2.45, 2.75) is 0 Å². The molecule has 2 rings (SSSR count). The zero-order valence-corrected chi connectivity index (χ0v) is 11.7. The van der Waals surface area contributed by atoms with E-state index in [0.717, 1.165) is 15.9 Å². The summed E-state index contributed by atoms with van der Waals surface area (Å²) in [7, 11) is 1.58. The lowest BCUT2D eigenvalue weighted by Gasteiger charge is -2.11. The van der Waals surface area contributed by atoms with E-state index in [-0.39, 0.29) is 11.6 Å². The van der Waals surface area contributed by atoms with Gasteiger partial charge in [0.15, 0.2) is 4.38 Å². The predicted molar refractivity (Wildman–Crippen MR) is 77.5 cm³/mol. The summed E-state index contributed by atoms with van der Waals surface area (Å²) < 4.78 is 0.873. The highest BCUT2D eigenvalue weighted by Crippen LogP contribution is 2.26. The van der Waals surface area contributed by atoms with Gasteiger partial charge in [-0.1, -0.05) is 23.5 Å². The molecule has 19 heavy (non-hydrogen) atoms. The van der Waals surface area contributed by atoms with Gasteiger partial charge in [0.05, 0.1) is 4.92 Å². The first-order valence-electron chi connectivity index (χ1n) is 5.44. The van der Waals surface area contributed by atoms with Crippen LogP contribution >= 0.6 is 23.5 Å². The van der Waals surface area contributed by atoms with Crippen molar-refractivity contribution in [3.8, 4) is 0 Å². The van der Waals surface area contributed by atoms with Gasteiger partial charge >= 0.3 is 0 Å². The van der Waals surface area contributed by atoms with Crippen LogP contribution in [0.25, 0.3) is 0 Å². The van der Waals surface area contributed by atoms with Gasteiger partial charge in [-0.15, -0.1) is 0 Å². The van der Waals surface area contributed by atoms with Gasteiger partial charge in [-0.3, -0.25) is 14.9 Å². The molecule has 100 valence electrons. The van der Waals surface area contributed by atoms with Crippen molar-refractivity contribution in [2.75, 3.05) is 18.6 Å². The van der Waals surface area contributed by atoms with Crippen LogP contribution in [-0.4, -0.2) is 38.8 Å². The summed E-state index contributed by atoms with van der Waals surface area (Å²) in [6, 6.07) is 5.50. The van der Waals surface area contributed by atoms with E-state index in [0.29, 0.717) is 5.56 Å². The van der Waals surface area contributed by atoms with E-state index in [1.54, 1.807) is 30.6 Å². The van der Waals surface area contributed by atoms with Crippen molar-refractivity contribution in [1.29, 1.82) is 0 Å². The van der Waals surface area contributed by atoms with Crippen LogP contribution in [0.15, 0.2) is 29.4 Å². The van der Waals surface area contributed by atoms with Crippen LogP contribution in [0.4, 0.5) is 5.69 Å². The van der Waals surface area contributed by atoms with E-state index in [1.165, 1.54) is 29.3 Å². The number of carbonyl (C=O) groups excluding carboxylic acids is 1. The number of non-ortho nitro benzene ring substituents is 1. The average Bonchev–Trinajstić information content (AvgIpc) is 2.90. The highest BCUT2D eigenvalue weighted by molar-refractivity contribution is 8.41. The lowest BCUT2D eigenvalue weighted by molar-refractivity contribution is -0.384. The Labute approximate surface area is 118 Å².